The van der Waals surface area contributed by atoms with E-state index in [9.17, 15) is 4.79 Å². The van der Waals surface area contributed by atoms with Crippen LogP contribution in [-0.4, -0.2) is 14.2 Å². The van der Waals surface area contributed by atoms with Crippen LogP contribution in [0.15, 0.2) is 45.6 Å². The summed E-state index contributed by atoms with van der Waals surface area (Å²) in [6, 6.07) is 10.9. The van der Waals surface area contributed by atoms with Gasteiger partial charge in [-0.3, -0.25) is 0 Å². The van der Waals surface area contributed by atoms with Crippen LogP contribution >= 0.6 is 0 Å². The summed E-state index contributed by atoms with van der Waals surface area (Å²) in [6.45, 7) is 4.38. The molecule has 3 aromatic rings. The number of hydrogen-bond acceptors (Lipinski definition) is 5. The number of hydrogen-bond donors (Lipinski definition) is 0. The summed E-state index contributed by atoms with van der Waals surface area (Å²) in [5.41, 5.74) is 3.20. The normalized spacial score (nSPS) is 10.8. The predicted molar refractivity (Wildman–Crippen MR) is 100 cm³/mol. The number of fused-ring (bicyclic) bond motifs is 1. The number of ether oxygens (including phenoxy) is 3. The van der Waals surface area contributed by atoms with Crippen molar-refractivity contribution in [3.05, 3.63) is 63.5 Å². The fraction of sp³-hybridized carbons (Fsp3) is 0.286. The van der Waals surface area contributed by atoms with E-state index < -0.39 is 0 Å². The van der Waals surface area contributed by atoms with E-state index in [2.05, 4.69) is 0 Å². The zero-order valence-corrected chi connectivity index (χ0v) is 15.4. The first kappa shape index (κ1) is 17.9. The van der Waals surface area contributed by atoms with Gasteiger partial charge in [0.05, 0.1) is 14.2 Å². The maximum absolute atomic E-state index is 11.7. The summed E-state index contributed by atoms with van der Waals surface area (Å²) in [5.74, 6) is 1.99. The molecule has 0 spiro atoms. The molecule has 0 fully saturated rings. The maximum Gasteiger partial charge on any atom is 0.336 e. The summed E-state index contributed by atoms with van der Waals surface area (Å²) in [7, 11) is 3.22. The summed E-state index contributed by atoms with van der Waals surface area (Å²) in [4.78, 5) is 11.7. The standard InChI is InChI=1S/C21H22O5/c1-5-14-10-21(22)26-18-11-16(6-7-17(14)18)25-12-15-9-20(24-4)19(23-3)8-13(15)2/h6-11H,5,12H2,1-4H3. The van der Waals surface area contributed by atoms with Crippen molar-refractivity contribution in [2.75, 3.05) is 14.2 Å². The molecular weight excluding hydrogens is 332 g/mol. The average molecular weight is 354 g/mol. The molecule has 0 saturated heterocycles. The van der Waals surface area contributed by atoms with E-state index >= 15 is 0 Å². The third kappa shape index (κ3) is 3.52. The predicted octanol–water partition coefficient (Wildman–Crippen LogP) is 4.26. The lowest BCUT2D eigenvalue weighted by Crippen LogP contribution is -2.02. The summed E-state index contributed by atoms with van der Waals surface area (Å²) in [5, 5.41) is 0.932. The van der Waals surface area contributed by atoms with Gasteiger partial charge in [0.1, 0.15) is 17.9 Å². The lowest BCUT2D eigenvalue weighted by Gasteiger charge is -2.14. The Hall–Kier alpha value is -2.95. The highest BCUT2D eigenvalue weighted by Gasteiger charge is 2.10. The molecule has 5 heteroatoms. The Balaban J connectivity index is 1.87. The number of benzene rings is 2. The molecule has 2 aromatic carbocycles. The van der Waals surface area contributed by atoms with Crippen molar-refractivity contribution in [1.82, 2.24) is 0 Å². The van der Waals surface area contributed by atoms with Gasteiger partial charge in [0.15, 0.2) is 11.5 Å². The minimum atomic E-state index is -0.345. The summed E-state index contributed by atoms with van der Waals surface area (Å²) in [6.07, 6.45) is 0.771. The molecule has 0 aliphatic carbocycles. The number of rotatable bonds is 6. The van der Waals surface area contributed by atoms with Gasteiger partial charge in [-0.15, -0.1) is 0 Å². The zero-order valence-electron chi connectivity index (χ0n) is 15.4. The Kier molecular flexibility index (Phi) is 5.16. The second-order valence-electron chi connectivity index (χ2n) is 6.02. The van der Waals surface area contributed by atoms with Crippen molar-refractivity contribution in [3.63, 3.8) is 0 Å². The Morgan fingerprint density at radius 2 is 1.69 bits per heavy atom. The SMILES string of the molecule is CCc1cc(=O)oc2cc(OCc3cc(OC)c(OC)cc3C)ccc12. The molecule has 3 rings (SSSR count). The monoisotopic (exact) mass is 354 g/mol. The third-order valence-electron chi connectivity index (χ3n) is 4.42. The zero-order chi connectivity index (χ0) is 18.7. The minimum Gasteiger partial charge on any atom is -0.493 e. The van der Waals surface area contributed by atoms with Gasteiger partial charge in [-0.05, 0) is 54.3 Å². The highest BCUT2D eigenvalue weighted by Crippen LogP contribution is 2.31. The van der Waals surface area contributed by atoms with Gasteiger partial charge >= 0.3 is 5.63 Å². The molecular formula is C21H22O5. The van der Waals surface area contributed by atoms with Crippen LogP contribution in [0.1, 0.15) is 23.6 Å². The first-order valence-corrected chi connectivity index (χ1v) is 8.46. The van der Waals surface area contributed by atoms with Gasteiger partial charge < -0.3 is 18.6 Å². The molecule has 0 N–H and O–H groups in total. The van der Waals surface area contributed by atoms with Crippen molar-refractivity contribution < 1.29 is 18.6 Å². The second-order valence-corrected chi connectivity index (χ2v) is 6.02. The first-order chi connectivity index (χ1) is 12.5. The van der Waals surface area contributed by atoms with Gasteiger partial charge in [-0.25, -0.2) is 4.79 Å². The van der Waals surface area contributed by atoms with Crippen LogP contribution in [0.5, 0.6) is 17.2 Å². The van der Waals surface area contributed by atoms with E-state index in [0.29, 0.717) is 29.4 Å². The van der Waals surface area contributed by atoms with Gasteiger partial charge in [0, 0.05) is 17.5 Å². The molecule has 0 atom stereocenters. The molecule has 0 bridgehead atoms. The molecule has 0 saturated carbocycles. The van der Waals surface area contributed by atoms with E-state index in [1.54, 1.807) is 20.3 Å². The van der Waals surface area contributed by atoms with Crippen LogP contribution in [-0.2, 0) is 13.0 Å². The summed E-state index contributed by atoms with van der Waals surface area (Å²) >= 11 is 0. The largest absolute Gasteiger partial charge is 0.493 e. The molecule has 5 nitrogen and oxygen atoms in total. The fourth-order valence-electron chi connectivity index (χ4n) is 2.93. The lowest BCUT2D eigenvalue weighted by molar-refractivity contribution is 0.302. The van der Waals surface area contributed by atoms with Crippen LogP contribution in [0.25, 0.3) is 11.0 Å². The molecule has 1 aromatic heterocycles. The van der Waals surface area contributed by atoms with Crippen LogP contribution in [0.4, 0.5) is 0 Å². The first-order valence-electron chi connectivity index (χ1n) is 8.46. The summed E-state index contributed by atoms with van der Waals surface area (Å²) < 4.78 is 21.9. The Bertz CT molecular complexity index is 988. The average Bonchev–Trinajstić information content (AvgIpc) is 2.65. The molecule has 1 heterocycles. The van der Waals surface area contributed by atoms with E-state index in [-0.39, 0.29) is 5.63 Å². The van der Waals surface area contributed by atoms with Crippen LogP contribution < -0.4 is 19.8 Å². The molecule has 0 unspecified atom stereocenters. The Morgan fingerprint density at radius 1 is 0.962 bits per heavy atom. The fourth-order valence-corrected chi connectivity index (χ4v) is 2.93. The molecule has 136 valence electrons. The van der Waals surface area contributed by atoms with Gasteiger partial charge in [-0.2, -0.15) is 0 Å². The Labute approximate surface area is 152 Å². The van der Waals surface area contributed by atoms with Gasteiger partial charge in [0.2, 0.25) is 0 Å². The van der Waals surface area contributed by atoms with Crippen molar-refractivity contribution in [2.24, 2.45) is 0 Å². The lowest BCUT2D eigenvalue weighted by atomic mass is 10.1. The highest BCUT2D eigenvalue weighted by atomic mass is 16.5. The molecule has 26 heavy (non-hydrogen) atoms. The van der Waals surface area contributed by atoms with E-state index in [0.717, 1.165) is 28.5 Å². The minimum absolute atomic E-state index is 0.345. The van der Waals surface area contributed by atoms with E-state index in [1.807, 2.05) is 38.1 Å². The smallest absolute Gasteiger partial charge is 0.336 e. The van der Waals surface area contributed by atoms with Crippen molar-refractivity contribution >= 4 is 11.0 Å². The van der Waals surface area contributed by atoms with Crippen LogP contribution in [0.3, 0.4) is 0 Å². The number of aryl methyl sites for hydroxylation is 2. The topological polar surface area (TPSA) is 57.9 Å². The third-order valence-corrected chi connectivity index (χ3v) is 4.42. The van der Waals surface area contributed by atoms with Crippen molar-refractivity contribution in [1.29, 1.82) is 0 Å². The van der Waals surface area contributed by atoms with Crippen LogP contribution in [0, 0.1) is 6.92 Å². The highest BCUT2D eigenvalue weighted by molar-refractivity contribution is 5.81. The maximum atomic E-state index is 11.7. The van der Waals surface area contributed by atoms with Crippen molar-refractivity contribution in [2.45, 2.75) is 26.9 Å². The van der Waals surface area contributed by atoms with Gasteiger partial charge in [0.25, 0.3) is 0 Å². The number of methoxy groups -OCH3 is 2. The molecule has 0 radical (unpaired) electrons. The van der Waals surface area contributed by atoms with Gasteiger partial charge in [-0.1, -0.05) is 6.92 Å². The molecule has 0 amide bonds. The van der Waals surface area contributed by atoms with Crippen molar-refractivity contribution in [3.8, 4) is 17.2 Å². The molecule has 0 aliphatic heterocycles. The molecule has 0 aliphatic rings. The van der Waals surface area contributed by atoms with E-state index in [1.165, 1.54) is 6.07 Å². The Morgan fingerprint density at radius 3 is 2.38 bits per heavy atom. The van der Waals surface area contributed by atoms with E-state index in [4.69, 9.17) is 18.6 Å². The second kappa shape index (κ2) is 7.52. The van der Waals surface area contributed by atoms with Crippen LogP contribution in [0.2, 0.25) is 0 Å². The quantitative estimate of drug-likeness (QED) is 0.619.